The first kappa shape index (κ1) is 15.2. The number of aromatic nitrogens is 2. The quantitative estimate of drug-likeness (QED) is 0.847. The van der Waals surface area contributed by atoms with Crippen LogP contribution in [0.25, 0.3) is 0 Å². The standard InChI is InChI=1S/C15H19BrN2O2/c1-18-8-7-17-14(18)5-6-15(10-19,11-20)12-3-2-4-13(16)9-12/h2-4,7-9,19-20H,5-6,10-11H2,1H3. The highest BCUT2D eigenvalue weighted by molar-refractivity contribution is 9.10. The number of hydrogen-bond donors (Lipinski definition) is 2. The van der Waals surface area contributed by atoms with Crippen molar-refractivity contribution in [3.05, 3.63) is 52.5 Å². The Morgan fingerprint density at radius 3 is 2.60 bits per heavy atom. The molecule has 0 bridgehead atoms. The Hall–Kier alpha value is -1.17. The molecule has 4 nitrogen and oxygen atoms in total. The first-order valence-electron chi connectivity index (χ1n) is 6.55. The minimum Gasteiger partial charge on any atom is -0.395 e. The monoisotopic (exact) mass is 338 g/mol. The lowest BCUT2D eigenvalue weighted by molar-refractivity contribution is 0.109. The van der Waals surface area contributed by atoms with Gasteiger partial charge in [-0.1, -0.05) is 28.1 Å². The molecule has 5 heteroatoms. The summed E-state index contributed by atoms with van der Waals surface area (Å²) in [6.45, 7) is -0.186. The normalized spacial score (nSPS) is 11.8. The summed E-state index contributed by atoms with van der Waals surface area (Å²) >= 11 is 3.43. The molecule has 0 spiro atoms. The number of benzene rings is 1. The molecule has 0 atom stereocenters. The Morgan fingerprint density at radius 2 is 2.05 bits per heavy atom. The highest BCUT2D eigenvalue weighted by atomic mass is 79.9. The number of aliphatic hydroxyl groups excluding tert-OH is 2. The number of aliphatic hydroxyl groups is 2. The average Bonchev–Trinajstić information content (AvgIpc) is 2.86. The van der Waals surface area contributed by atoms with Crippen molar-refractivity contribution in [2.24, 2.45) is 7.05 Å². The van der Waals surface area contributed by atoms with E-state index in [1.54, 1.807) is 6.20 Å². The van der Waals surface area contributed by atoms with Crippen LogP contribution < -0.4 is 0 Å². The predicted octanol–water partition coefficient (Wildman–Crippen LogP) is 2.04. The minimum absolute atomic E-state index is 0.0929. The van der Waals surface area contributed by atoms with E-state index in [1.807, 2.05) is 42.1 Å². The number of halogens is 1. The molecule has 0 radical (unpaired) electrons. The van der Waals surface area contributed by atoms with E-state index in [2.05, 4.69) is 20.9 Å². The molecule has 20 heavy (non-hydrogen) atoms. The molecule has 1 aromatic carbocycles. The molecule has 0 saturated heterocycles. The van der Waals surface area contributed by atoms with Crippen molar-refractivity contribution in [3.8, 4) is 0 Å². The Kier molecular flexibility index (Phi) is 4.96. The third kappa shape index (κ3) is 3.11. The second-order valence-electron chi connectivity index (χ2n) is 5.06. The minimum atomic E-state index is -0.643. The summed E-state index contributed by atoms with van der Waals surface area (Å²) in [7, 11) is 1.95. The topological polar surface area (TPSA) is 58.3 Å². The van der Waals surface area contributed by atoms with Crippen LogP contribution in [0.4, 0.5) is 0 Å². The van der Waals surface area contributed by atoms with Gasteiger partial charge in [-0.3, -0.25) is 0 Å². The molecule has 0 aliphatic rings. The molecule has 2 aromatic rings. The van der Waals surface area contributed by atoms with Crippen LogP contribution in [0.5, 0.6) is 0 Å². The number of nitrogens with zero attached hydrogens (tertiary/aromatic N) is 2. The molecule has 108 valence electrons. The van der Waals surface area contributed by atoms with Gasteiger partial charge in [-0.05, 0) is 24.1 Å². The molecule has 0 aliphatic carbocycles. The van der Waals surface area contributed by atoms with E-state index in [1.165, 1.54) is 0 Å². The fourth-order valence-corrected chi connectivity index (χ4v) is 2.74. The van der Waals surface area contributed by atoms with Crippen LogP contribution in [-0.2, 0) is 18.9 Å². The van der Waals surface area contributed by atoms with Gasteiger partial charge in [-0.15, -0.1) is 0 Å². The second-order valence-corrected chi connectivity index (χ2v) is 5.98. The van der Waals surface area contributed by atoms with Gasteiger partial charge in [0.15, 0.2) is 0 Å². The van der Waals surface area contributed by atoms with Crippen molar-refractivity contribution < 1.29 is 10.2 Å². The van der Waals surface area contributed by atoms with Gasteiger partial charge < -0.3 is 14.8 Å². The van der Waals surface area contributed by atoms with Crippen LogP contribution >= 0.6 is 15.9 Å². The van der Waals surface area contributed by atoms with Gasteiger partial charge in [-0.25, -0.2) is 4.98 Å². The van der Waals surface area contributed by atoms with Crippen molar-refractivity contribution in [1.82, 2.24) is 9.55 Å². The lowest BCUT2D eigenvalue weighted by Crippen LogP contribution is -2.35. The van der Waals surface area contributed by atoms with E-state index in [9.17, 15) is 10.2 Å². The summed E-state index contributed by atoms with van der Waals surface area (Å²) in [5, 5.41) is 19.6. The number of rotatable bonds is 6. The number of hydrogen-bond acceptors (Lipinski definition) is 3. The van der Waals surface area contributed by atoms with Crippen LogP contribution in [0.1, 0.15) is 17.8 Å². The maximum atomic E-state index is 9.82. The molecule has 1 aromatic heterocycles. The molecule has 0 aliphatic heterocycles. The summed E-state index contributed by atoms with van der Waals surface area (Å²) in [5.41, 5.74) is 0.293. The van der Waals surface area contributed by atoms with Gasteiger partial charge >= 0.3 is 0 Å². The zero-order valence-electron chi connectivity index (χ0n) is 11.5. The molecule has 0 saturated carbocycles. The molecule has 0 amide bonds. The molecule has 2 rings (SSSR count). The Morgan fingerprint density at radius 1 is 1.30 bits per heavy atom. The van der Waals surface area contributed by atoms with Crippen molar-refractivity contribution in [2.75, 3.05) is 13.2 Å². The van der Waals surface area contributed by atoms with Crippen LogP contribution in [0.15, 0.2) is 41.1 Å². The number of imidazole rings is 1. The summed E-state index contributed by atoms with van der Waals surface area (Å²) in [6.07, 6.45) is 5.00. The summed E-state index contributed by atoms with van der Waals surface area (Å²) < 4.78 is 2.90. The van der Waals surface area contributed by atoms with Crippen molar-refractivity contribution >= 4 is 15.9 Å². The van der Waals surface area contributed by atoms with Gasteiger partial charge in [0.25, 0.3) is 0 Å². The predicted molar refractivity (Wildman–Crippen MR) is 81.5 cm³/mol. The van der Waals surface area contributed by atoms with Gasteiger partial charge in [0.05, 0.1) is 13.2 Å². The van der Waals surface area contributed by atoms with Crippen molar-refractivity contribution in [3.63, 3.8) is 0 Å². The highest BCUT2D eigenvalue weighted by Gasteiger charge is 2.31. The summed E-state index contributed by atoms with van der Waals surface area (Å²) in [6, 6.07) is 7.74. The SMILES string of the molecule is Cn1ccnc1CCC(CO)(CO)c1cccc(Br)c1. The summed E-state index contributed by atoms with van der Waals surface area (Å²) in [4.78, 5) is 4.29. The first-order chi connectivity index (χ1) is 9.61. The fourth-order valence-electron chi connectivity index (χ4n) is 2.34. The molecule has 0 unspecified atom stereocenters. The van der Waals surface area contributed by atoms with Gasteiger partial charge in [-0.2, -0.15) is 0 Å². The fraction of sp³-hybridized carbons (Fsp3) is 0.400. The lowest BCUT2D eigenvalue weighted by atomic mass is 9.78. The Balaban J connectivity index is 2.23. The van der Waals surface area contributed by atoms with E-state index in [0.717, 1.165) is 15.9 Å². The Labute approximate surface area is 127 Å². The maximum Gasteiger partial charge on any atom is 0.108 e. The maximum absolute atomic E-state index is 9.82. The third-order valence-electron chi connectivity index (χ3n) is 3.79. The van der Waals surface area contributed by atoms with E-state index in [4.69, 9.17) is 0 Å². The molecule has 2 N–H and O–H groups in total. The Bertz CT molecular complexity index is 565. The molecule has 0 fully saturated rings. The highest BCUT2D eigenvalue weighted by Crippen LogP contribution is 2.30. The van der Waals surface area contributed by atoms with Gasteiger partial charge in [0, 0.05) is 35.7 Å². The smallest absolute Gasteiger partial charge is 0.108 e. The van der Waals surface area contributed by atoms with Gasteiger partial charge in [0.2, 0.25) is 0 Å². The first-order valence-corrected chi connectivity index (χ1v) is 7.34. The molecule has 1 heterocycles. The van der Waals surface area contributed by atoms with Crippen LogP contribution in [0.3, 0.4) is 0 Å². The van der Waals surface area contributed by atoms with E-state index in [0.29, 0.717) is 12.8 Å². The molecular formula is C15H19BrN2O2. The summed E-state index contributed by atoms with van der Waals surface area (Å²) in [5.74, 6) is 0.950. The van der Waals surface area contributed by atoms with Gasteiger partial charge in [0.1, 0.15) is 5.82 Å². The van der Waals surface area contributed by atoms with E-state index >= 15 is 0 Å². The zero-order valence-corrected chi connectivity index (χ0v) is 13.0. The largest absolute Gasteiger partial charge is 0.395 e. The zero-order chi connectivity index (χ0) is 14.6. The van der Waals surface area contributed by atoms with Crippen molar-refractivity contribution in [1.29, 1.82) is 0 Å². The van der Waals surface area contributed by atoms with E-state index < -0.39 is 5.41 Å². The third-order valence-corrected chi connectivity index (χ3v) is 4.28. The van der Waals surface area contributed by atoms with E-state index in [-0.39, 0.29) is 13.2 Å². The lowest BCUT2D eigenvalue weighted by Gasteiger charge is -2.30. The van der Waals surface area contributed by atoms with Crippen LogP contribution in [0, 0.1) is 0 Å². The van der Waals surface area contributed by atoms with Crippen LogP contribution in [0.2, 0.25) is 0 Å². The average molecular weight is 339 g/mol. The number of aryl methyl sites for hydroxylation is 2. The second kappa shape index (κ2) is 6.52. The molecular weight excluding hydrogens is 320 g/mol. The van der Waals surface area contributed by atoms with Crippen molar-refractivity contribution in [2.45, 2.75) is 18.3 Å². The van der Waals surface area contributed by atoms with Crippen LogP contribution in [-0.4, -0.2) is 33.0 Å².